The molecule has 0 aromatic heterocycles. The number of nitrogens with zero attached hydrogens (tertiary/aromatic N) is 2. The van der Waals surface area contributed by atoms with Gasteiger partial charge < -0.3 is 15.5 Å². The molecule has 112 valence electrons. The minimum Gasteiger partial charge on any atom is -0.399 e. The lowest BCUT2D eigenvalue weighted by molar-refractivity contribution is -0.134. The van der Waals surface area contributed by atoms with Crippen molar-refractivity contribution in [1.29, 1.82) is 0 Å². The van der Waals surface area contributed by atoms with Crippen molar-refractivity contribution in [3.63, 3.8) is 0 Å². The fraction of sp³-hybridized carbons (Fsp3) is 0.500. The monoisotopic (exact) mass is 287 g/mol. The molecule has 1 saturated heterocycles. The van der Waals surface area contributed by atoms with Crippen LogP contribution in [0.4, 0.5) is 5.69 Å². The molecule has 1 aromatic rings. The zero-order valence-corrected chi connectivity index (χ0v) is 12.3. The standard InChI is InChI=1S/C16H21N3O2/c1-11-2-5-13(17)10-14(11)16(21)19-8-6-18(7-9-19)15(20)12-3-4-12/h2,5,10,12H,3-4,6-9,17H2,1H3. The first kappa shape index (κ1) is 13.9. The van der Waals surface area contributed by atoms with Crippen molar-refractivity contribution in [1.82, 2.24) is 9.80 Å². The lowest BCUT2D eigenvalue weighted by Gasteiger charge is -2.35. The Hall–Kier alpha value is -2.04. The van der Waals surface area contributed by atoms with Gasteiger partial charge in [0.1, 0.15) is 0 Å². The predicted molar refractivity (Wildman–Crippen MR) is 80.8 cm³/mol. The molecule has 1 aliphatic heterocycles. The van der Waals surface area contributed by atoms with Crippen LogP contribution in [0.2, 0.25) is 0 Å². The molecule has 2 fully saturated rings. The molecule has 0 spiro atoms. The van der Waals surface area contributed by atoms with E-state index in [0.29, 0.717) is 37.4 Å². The Balaban J connectivity index is 1.64. The van der Waals surface area contributed by atoms with Crippen molar-refractivity contribution >= 4 is 17.5 Å². The lowest BCUT2D eigenvalue weighted by Crippen LogP contribution is -2.51. The van der Waals surface area contributed by atoms with Crippen molar-refractivity contribution in [2.45, 2.75) is 19.8 Å². The van der Waals surface area contributed by atoms with Crippen LogP contribution in [0.15, 0.2) is 18.2 Å². The zero-order chi connectivity index (χ0) is 15.0. The van der Waals surface area contributed by atoms with E-state index in [2.05, 4.69) is 0 Å². The Morgan fingerprint density at radius 3 is 2.33 bits per heavy atom. The van der Waals surface area contributed by atoms with Gasteiger partial charge in [-0.15, -0.1) is 0 Å². The van der Waals surface area contributed by atoms with Crippen LogP contribution < -0.4 is 5.73 Å². The summed E-state index contributed by atoms with van der Waals surface area (Å²) in [5, 5.41) is 0. The number of aryl methyl sites for hydroxylation is 1. The van der Waals surface area contributed by atoms with Crippen molar-refractivity contribution < 1.29 is 9.59 Å². The van der Waals surface area contributed by atoms with Crippen molar-refractivity contribution in [2.24, 2.45) is 5.92 Å². The van der Waals surface area contributed by atoms with Gasteiger partial charge in [-0.1, -0.05) is 6.07 Å². The molecule has 3 rings (SSSR count). The molecule has 1 aliphatic carbocycles. The number of carbonyl (C=O) groups excluding carboxylic acids is 2. The second-order valence-corrected chi connectivity index (χ2v) is 5.97. The van der Waals surface area contributed by atoms with Crippen molar-refractivity contribution in [3.05, 3.63) is 29.3 Å². The molecule has 2 amide bonds. The summed E-state index contributed by atoms with van der Waals surface area (Å²) in [6, 6.07) is 5.41. The second kappa shape index (κ2) is 5.39. The van der Waals surface area contributed by atoms with Gasteiger partial charge in [0.2, 0.25) is 5.91 Å². The first-order valence-corrected chi connectivity index (χ1v) is 7.50. The van der Waals surface area contributed by atoms with E-state index in [4.69, 9.17) is 5.73 Å². The number of piperazine rings is 1. The molecule has 1 aromatic carbocycles. The molecule has 21 heavy (non-hydrogen) atoms. The third kappa shape index (κ3) is 2.86. The topological polar surface area (TPSA) is 66.6 Å². The van der Waals surface area contributed by atoms with E-state index in [1.54, 1.807) is 12.1 Å². The molecular formula is C16H21N3O2. The van der Waals surface area contributed by atoms with Gasteiger partial charge in [0.15, 0.2) is 0 Å². The fourth-order valence-electron chi connectivity index (χ4n) is 2.76. The first-order chi connectivity index (χ1) is 10.1. The van der Waals surface area contributed by atoms with Gasteiger partial charge in [0.05, 0.1) is 0 Å². The van der Waals surface area contributed by atoms with E-state index in [9.17, 15) is 9.59 Å². The van der Waals surface area contributed by atoms with Crippen LogP contribution in [-0.2, 0) is 4.79 Å². The van der Waals surface area contributed by atoms with E-state index in [1.165, 1.54) is 0 Å². The van der Waals surface area contributed by atoms with Gasteiger partial charge in [0.25, 0.3) is 5.91 Å². The summed E-state index contributed by atoms with van der Waals surface area (Å²) in [6.07, 6.45) is 2.06. The number of anilines is 1. The van der Waals surface area contributed by atoms with Gasteiger partial charge >= 0.3 is 0 Å². The van der Waals surface area contributed by atoms with Crippen LogP contribution in [0, 0.1) is 12.8 Å². The highest BCUT2D eigenvalue weighted by Crippen LogP contribution is 2.31. The predicted octanol–water partition coefficient (Wildman–Crippen LogP) is 1.27. The van der Waals surface area contributed by atoms with Gasteiger partial charge in [-0.25, -0.2) is 0 Å². The maximum absolute atomic E-state index is 12.6. The largest absolute Gasteiger partial charge is 0.399 e. The van der Waals surface area contributed by atoms with Gasteiger partial charge in [-0.05, 0) is 37.5 Å². The normalized spacial score (nSPS) is 18.7. The molecule has 2 aliphatic rings. The zero-order valence-electron chi connectivity index (χ0n) is 12.3. The van der Waals surface area contributed by atoms with E-state index >= 15 is 0 Å². The number of hydrogen-bond donors (Lipinski definition) is 1. The Labute approximate surface area is 124 Å². The summed E-state index contributed by atoms with van der Waals surface area (Å²) in [6.45, 7) is 4.40. The number of hydrogen-bond acceptors (Lipinski definition) is 3. The maximum atomic E-state index is 12.6. The first-order valence-electron chi connectivity index (χ1n) is 7.50. The minimum absolute atomic E-state index is 0.0123. The third-order valence-corrected chi connectivity index (χ3v) is 4.30. The quantitative estimate of drug-likeness (QED) is 0.833. The molecule has 5 nitrogen and oxygen atoms in total. The van der Waals surface area contributed by atoms with Crippen LogP contribution >= 0.6 is 0 Å². The number of nitrogen functional groups attached to an aromatic ring is 1. The molecule has 0 atom stereocenters. The number of amides is 2. The van der Waals surface area contributed by atoms with Crippen molar-refractivity contribution in [3.8, 4) is 0 Å². The average Bonchev–Trinajstić information content (AvgIpc) is 3.33. The van der Waals surface area contributed by atoms with E-state index in [1.807, 2.05) is 22.8 Å². The molecule has 1 saturated carbocycles. The number of nitrogens with two attached hydrogens (primary N) is 1. The summed E-state index contributed by atoms with van der Waals surface area (Å²) >= 11 is 0. The number of carbonyl (C=O) groups is 2. The Morgan fingerprint density at radius 1 is 1.10 bits per heavy atom. The Bertz CT molecular complexity index is 573. The highest BCUT2D eigenvalue weighted by molar-refractivity contribution is 5.96. The van der Waals surface area contributed by atoms with Crippen LogP contribution in [0.1, 0.15) is 28.8 Å². The number of rotatable bonds is 2. The third-order valence-electron chi connectivity index (χ3n) is 4.30. The molecule has 5 heteroatoms. The van der Waals surface area contributed by atoms with Crippen LogP contribution in [-0.4, -0.2) is 47.8 Å². The molecule has 0 unspecified atom stereocenters. The SMILES string of the molecule is Cc1ccc(N)cc1C(=O)N1CCN(C(=O)C2CC2)CC1. The highest BCUT2D eigenvalue weighted by Gasteiger charge is 2.35. The summed E-state index contributed by atoms with van der Waals surface area (Å²) < 4.78 is 0. The summed E-state index contributed by atoms with van der Waals surface area (Å²) in [4.78, 5) is 28.3. The van der Waals surface area contributed by atoms with E-state index in [-0.39, 0.29) is 17.7 Å². The van der Waals surface area contributed by atoms with E-state index < -0.39 is 0 Å². The average molecular weight is 287 g/mol. The highest BCUT2D eigenvalue weighted by atomic mass is 16.2. The van der Waals surface area contributed by atoms with Gasteiger partial charge in [-0.3, -0.25) is 9.59 Å². The summed E-state index contributed by atoms with van der Waals surface area (Å²) in [5.74, 6) is 0.531. The van der Waals surface area contributed by atoms with Crippen LogP contribution in [0.25, 0.3) is 0 Å². The Morgan fingerprint density at radius 2 is 1.71 bits per heavy atom. The molecule has 2 N–H and O–H groups in total. The number of benzene rings is 1. The Kier molecular flexibility index (Phi) is 3.57. The smallest absolute Gasteiger partial charge is 0.254 e. The molecular weight excluding hydrogens is 266 g/mol. The minimum atomic E-state index is 0.0123. The lowest BCUT2D eigenvalue weighted by atomic mass is 10.1. The fourth-order valence-corrected chi connectivity index (χ4v) is 2.76. The van der Waals surface area contributed by atoms with Gasteiger partial charge in [0, 0.05) is 43.3 Å². The molecule has 1 heterocycles. The molecule has 0 bridgehead atoms. The van der Waals surface area contributed by atoms with Gasteiger partial charge in [-0.2, -0.15) is 0 Å². The second-order valence-electron chi connectivity index (χ2n) is 5.97. The van der Waals surface area contributed by atoms with Crippen LogP contribution in [0.5, 0.6) is 0 Å². The van der Waals surface area contributed by atoms with Crippen molar-refractivity contribution in [2.75, 3.05) is 31.9 Å². The maximum Gasteiger partial charge on any atom is 0.254 e. The summed E-state index contributed by atoms with van der Waals surface area (Å²) in [5.41, 5.74) is 7.98. The summed E-state index contributed by atoms with van der Waals surface area (Å²) in [7, 11) is 0. The molecule has 0 radical (unpaired) electrons. The van der Waals surface area contributed by atoms with Crippen LogP contribution in [0.3, 0.4) is 0 Å². The van der Waals surface area contributed by atoms with E-state index in [0.717, 1.165) is 18.4 Å².